The molecule has 0 N–H and O–H groups in total. The molecule has 124 valence electrons. The van der Waals surface area contributed by atoms with Crippen LogP contribution in [0.4, 0.5) is 0 Å². The Bertz CT molecular complexity index is 1030. The van der Waals surface area contributed by atoms with E-state index in [1.165, 1.54) is 11.8 Å². The number of nitriles is 1. The van der Waals surface area contributed by atoms with Crippen LogP contribution in [0, 0.1) is 11.3 Å². The zero-order valence-corrected chi connectivity index (χ0v) is 14.8. The van der Waals surface area contributed by atoms with Crippen molar-refractivity contribution in [2.45, 2.75) is 15.9 Å². The van der Waals surface area contributed by atoms with Gasteiger partial charge in [-0.1, -0.05) is 11.6 Å². The average Bonchev–Trinajstić information content (AvgIpc) is 3.38. The molecule has 0 aliphatic heterocycles. The van der Waals surface area contributed by atoms with Gasteiger partial charge in [0, 0.05) is 0 Å². The fourth-order valence-corrected chi connectivity index (χ4v) is 4.23. The fraction of sp³-hybridized carbons (Fsp3) is 0.0667. The topological polar surface area (TPSA) is 93.7 Å². The average molecular weight is 390 g/mol. The molecular formula is C15H8ClN5O2S2. The van der Waals surface area contributed by atoms with E-state index in [9.17, 15) is 5.26 Å². The van der Waals surface area contributed by atoms with Crippen LogP contribution in [-0.4, -0.2) is 19.1 Å². The second kappa shape index (κ2) is 6.76. The Hall–Kier alpha value is -2.54. The molecule has 0 saturated heterocycles. The molecule has 0 aliphatic carbocycles. The lowest BCUT2D eigenvalue weighted by molar-refractivity contribution is 0.482. The Labute approximate surface area is 155 Å². The molecule has 0 aliphatic rings. The molecule has 0 unspecified atom stereocenters. The normalized spacial score (nSPS) is 10.9. The molecule has 0 saturated carbocycles. The zero-order chi connectivity index (χ0) is 17.2. The van der Waals surface area contributed by atoms with Crippen molar-refractivity contribution < 1.29 is 8.83 Å². The zero-order valence-electron chi connectivity index (χ0n) is 12.4. The van der Waals surface area contributed by atoms with Crippen molar-refractivity contribution in [3.05, 3.63) is 53.3 Å². The molecule has 25 heavy (non-hydrogen) atoms. The second-order valence-electron chi connectivity index (χ2n) is 4.80. The summed E-state index contributed by atoms with van der Waals surface area (Å²) >= 11 is 8.37. The van der Waals surface area contributed by atoms with Crippen molar-refractivity contribution in [1.82, 2.24) is 19.1 Å². The smallest absolute Gasteiger partial charge is 0.200 e. The standard InChI is InChI=1S/C15H8ClN5O2S2/c16-12-10(7-17)14(25-20-12)24-15-19-18-13(11-4-2-6-23-11)21(15)8-9-3-1-5-22-9/h1-6H,8H2. The van der Waals surface area contributed by atoms with Crippen LogP contribution in [0.2, 0.25) is 5.15 Å². The van der Waals surface area contributed by atoms with Gasteiger partial charge in [-0.15, -0.1) is 10.2 Å². The molecular weight excluding hydrogens is 382 g/mol. The van der Waals surface area contributed by atoms with Crippen molar-refractivity contribution >= 4 is 34.9 Å². The molecule has 0 amide bonds. The van der Waals surface area contributed by atoms with E-state index in [0.717, 1.165) is 17.3 Å². The Balaban J connectivity index is 1.75. The monoisotopic (exact) mass is 389 g/mol. The maximum atomic E-state index is 9.24. The van der Waals surface area contributed by atoms with Gasteiger partial charge in [-0.3, -0.25) is 4.57 Å². The van der Waals surface area contributed by atoms with Gasteiger partial charge in [0.2, 0.25) is 5.82 Å². The highest BCUT2D eigenvalue weighted by Crippen LogP contribution is 2.37. The van der Waals surface area contributed by atoms with Gasteiger partial charge >= 0.3 is 0 Å². The summed E-state index contributed by atoms with van der Waals surface area (Å²) in [7, 11) is 0. The van der Waals surface area contributed by atoms with Gasteiger partial charge in [-0.05, 0) is 47.6 Å². The third-order valence-corrected chi connectivity index (χ3v) is 5.63. The molecule has 0 radical (unpaired) electrons. The van der Waals surface area contributed by atoms with Gasteiger partial charge in [0.05, 0.1) is 19.1 Å². The van der Waals surface area contributed by atoms with Crippen LogP contribution in [0.5, 0.6) is 0 Å². The number of rotatable bonds is 5. The third kappa shape index (κ3) is 3.07. The van der Waals surface area contributed by atoms with Crippen LogP contribution in [0.1, 0.15) is 11.3 Å². The summed E-state index contributed by atoms with van der Waals surface area (Å²) < 4.78 is 17.4. The molecule has 4 heterocycles. The first-order chi connectivity index (χ1) is 12.3. The first-order valence-electron chi connectivity index (χ1n) is 6.99. The highest BCUT2D eigenvalue weighted by Gasteiger charge is 2.21. The molecule has 0 fully saturated rings. The van der Waals surface area contributed by atoms with E-state index in [4.69, 9.17) is 20.4 Å². The summed E-state index contributed by atoms with van der Waals surface area (Å²) in [6, 6.07) is 9.33. The maximum Gasteiger partial charge on any atom is 0.200 e. The van der Waals surface area contributed by atoms with Crippen molar-refractivity contribution in [2.75, 3.05) is 0 Å². The summed E-state index contributed by atoms with van der Waals surface area (Å²) in [5.74, 6) is 1.91. The Kier molecular flexibility index (Phi) is 4.31. The lowest BCUT2D eigenvalue weighted by atomic mass is 10.4. The van der Waals surface area contributed by atoms with Gasteiger partial charge in [-0.25, -0.2) is 0 Å². The number of furan rings is 2. The molecule has 4 rings (SSSR count). The number of aromatic nitrogens is 4. The summed E-state index contributed by atoms with van der Waals surface area (Å²) in [6.45, 7) is 0.423. The number of nitrogens with zero attached hydrogens (tertiary/aromatic N) is 5. The van der Waals surface area contributed by atoms with Crippen LogP contribution >= 0.6 is 34.9 Å². The lowest BCUT2D eigenvalue weighted by Crippen LogP contribution is -2.02. The minimum absolute atomic E-state index is 0.193. The predicted molar refractivity (Wildman–Crippen MR) is 91.5 cm³/mol. The fourth-order valence-electron chi connectivity index (χ4n) is 2.15. The molecule has 0 bridgehead atoms. The van der Waals surface area contributed by atoms with Crippen LogP contribution in [0.25, 0.3) is 11.6 Å². The van der Waals surface area contributed by atoms with Crippen molar-refractivity contribution in [3.8, 4) is 17.7 Å². The Morgan fingerprint density at radius 1 is 1.24 bits per heavy atom. The predicted octanol–water partition coefficient (Wildman–Crippen LogP) is 4.31. The number of hydrogen-bond acceptors (Lipinski definition) is 8. The number of hydrogen-bond donors (Lipinski definition) is 0. The highest BCUT2D eigenvalue weighted by molar-refractivity contribution is 8.01. The van der Waals surface area contributed by atoms with Crippen LogP contribution < -0.4 is 0 Å². The Morgan fingerprint density at radius 3 is 2.80 bits per heavy atom. The minimum Gasteiger partial charge on any atom is -0.467 e. The van der Waals surface area contributed by atoms with Crippen LogP contribution in [0.15, 0.2) is 55.0 Å². The molecule has 0 atom stereocenters. The van der Waals surface area contributed by atoms with E-state index in [1.807, 2.05) is 16.7 Å². The van der Waals surface area contributed by atoms with Gasteiger partial charge in [0.25, 0.3) is 0 Å². The van der Waals surface area contributed by atoms with E-state index >= 15 is 0 Å². The van der Waals surface area contributed by atoms with Crippen LogP contribution in [0.3, 0.4) is 0 Å². The summed E-state index contributed by atoms with van der Waals surface area (Å²) in [5.41, 5.74) is 0.337. The van der Waals surface area contributed by atoms with E-state index in [1.54, 1.807) is 24.7 Å². The van der Waals surface area contributed by atoms with Crippen molar-refractivity contribution in [1.29, 1.82) is 5.26 Å². The quantitative estimate of drug-likeness (QED) is 0.501. The van der Waals surface area contributed by atoms with Crippen molar-refractivity contribution in [3.63, 3.8) is 0 Å². The first kappa shape index (κ1) is 16.0. The maximum absolute atomic E-state index is 9.24. The molecule has 4 aromatic rings. The van der Waals surface area contributed by atoms with E-state index in [0.29, 0.717) is 33.1 Å². The summed E-state index contributed by atoms with van der Waals surface area (Å²) in [5, 5.41) is 18.5. The Morgan fingerprint density at radius 2 is 2.08 bits per heavy atom. The molecule has 10 heteroatoms. The van der Waals surface area contributed by atoms with Crippen LogP contribution in [-0.2, 0) is 6.54 Å². The van der Waals surface area contributed by atoms with E-state index in [-0.39, 0.29) is 5.15 Å². The number of halogens is 1. The first-order valence-corrected chi connectivity index (χ1v) is 8.95. The van der Waals surface area contributed by atoms with Gasteiger partial charge in [0.15, 0.2) is 16.1 Å². The van der Waals surface area contributed by atoms with Gasteiger partial charge in [0.1, 0.15) is 21.6 Å². The van der Waals surface area contributed by atoms with E-state index < -0.39 is 0 Å². The van der Waals surface area contributed by atoms with Crippen molar-refractivity contribution in [2.24, 2.45) is 0 Å². The SMILES string of the molecule is N#Cc1c(Cl)nsc1Sc1nnc(-c2ccco2)n1Cc1ccco1. The largest absolute Gasteiger partial charge is 0.467 e. The molecule has 0 spiro atoms. The van der Waals surface area contributed by atoms with Gasteiger partial charge in [-0.2, -0.15) is 9.64 Å². The minimum atomic E-state index is 0.193. The molecule has 0 aromatic carbocycles. The molecule has 7 nitrogen and oxygen atoms in total. The van der Waals surface area contributed by atoms with Gasteiger partial charge < -0.3 is 8.83 Å². The molecule has 4 aromatic heterocycles. The highest BCUT2D eigenvalue weighted by atomic mass is 35.5. The third-order valence-electron chi connectivity index (χ3n) is 3.27. The van der Waals surface area contributed by atoms with E-state index in [2.05, 4.69) is 20.6 Å². The second-order valence-corrected chi connectivity index (χ2v) is 7.17. The summed E-state index contributed by atoms with van der Waals surface area (Å²) in [4.78, 5) is 0. The lowest BCUT2D eigenvalue weighted by Gasteiger charge is -2.06. The summed E-state index contributed by atoms with van der Waals surface area (Å²) in [6.07, 6.45) is 3.18.